The number of nitrogens with one attached hydrogen (secondary N) is 1. The van der Waals surface area contributed by atoms with Crippen LogP contribution in [0.1, 0.15) is 30.1 Å². The standard InChI is InChI=1S/C16H23BrN2O2/c1-3-19(11-12-6-8-18-9-7-12)16(20)13-4-5-15(21-2)14(17)10-13/h4-5,10,12,18H,3,6-9,11H2,1-2H3. The van der Waals surface area contributed by atoms with Crippen LogP contribution in [0.25, 0.3) is 0 Å². The zero-order chi connectivity index (χ0) is 15.2. The molecule has 1 aromatic carbocycles. The molecule has 1 fully saturated rings. The molecular formula is C16H23BrN2O2. The summed E-state index contributed by atoms with van der Waals surface area (Å²) in [4.78, 5) is 14.6. The third-order valence-corrected chi connectivity index (χ3v) is 4.62. The highest BCUT2D eigenvalue weighted by Gasteiger charge is 2.21. The van der Waals surface area contributed by atoms with Crippen molar-refractivity contribution in [1.82, 2.24) is 10.2 Å². The van der Waals surface area contributed by atoms with Gasteiger partial charge >= 0.3 is 0 Å². The van der Waals surface area contributed by atoms with Crippen molar-refractivity contribution in [2.75, 3.05) is 33.3 Å². The van der Waals surface area contributed by atoms with Crippen molar-refractivity contribution in [2.45, 2.75) is 19.8 Å². The van der Waals surface area contributed by atoms with E-state index < -0.39 is 0 Å². The highest BCUT2D eigenvalue weighted by molar-refractivity contribution is 9.10. The number of hydrogen-bond donors (Lipinski definition) is 1. The van der Waals surface area contributed by atoms with Crippen LogP contribution in [0.15, 0.2) is 22.7 Å². The Balaban J connectivity index is 2.06. The van der Waals surface area contributed by atoms with E-state index in [2.05, 4.69) is 21.2 Å². The molecule has 21 heavy (non-hydrogen) atoms. The molecule has 1 aliphatic rings. The van der Waals surface area contributed by atoms with Gasteiger partial charge in [-0.05, 0) is 72.9 Å². The molecule has 0 aliphatic carbocycles. The molecule has 1 aliphatic heterocycles. The monoisotopic (exact) mass is 354 g/mol. The molecule has 2 rings (SSSR count). The van der Waals surface area contributed by atoms with Crippen LogP contribution in [0.3, 0.4) is 0 Å². The van der Waals surface area contributed by atoms with Gasteiger partial charge in [-0.25, -0.2) is 0 Å². The SMILES string of the molecule is CCN(CC1CCNCC1)C(=O)c1ccc(OC)c(Br)c1. The maximum absolute atomic E-state index is 12.7. The average Bonchev–Trinajstić information content (AvgIpc) is 2.53. The minimum atomic E-state index is 0.0967. The fourth-order valence-electron chi connectivity index (χ4n) is 2.71. The summed E-state index contributed by atoms with van der Waals surface area (Å²) < 4.78 is 6.02. The number of amides is 1. The minimum Gasteiger partial charge on any atom is -0.496 e. The lowest BCUT2D eigenvalue weighted by Crippen LogP contribution is -2.39. The second kappa shape index (κ2) is 7.80. The molecule has 116 valence electrons. The first-order chi connectivity index (χ1) is 10.2. The van der Waals surface area contributed by atoms with E-state index in [-0.39, 0.29) is 5.91 Å². The van der Waals surface area contributed by atoms with E-state index in [9.17, 15) is 4.79 Å². The lowest BCUT2D eigenvalue weighted by Gasteiger charge is -2.29. The molecule has 5 heteroatoms. The van der Waals surface area contributed by atoms with Gasteiger partial charge in [-0.2, -0.15) is 0 Å². The zero-order valence-electron chi connectivity index (χ0n) is 12.7. The van der Waals surface area contributed by atoms with Crippen LogP contribution in [-0.4, -0.2) is 44.1 Å². The van der Waals surface area contributed by atoms with E-state index in [4.69, 9.17) is 4.74 Å². The molecule has 1 aromatic rings. The summed E-state index contributed by atoms with van der Waals surface area (Å²) in [5.41, 5.74) is 0.707. The third kappa shape index (κ3) is 4.20. The van der Waals surface area contributed by atoms with Crippen molar-refractivity contribution >= 4 is 21.8 Å². The first-order valence-electron chi connectivity index (χ1n) is 7.49. The summed E-state index contributed by atoms with van der Waals surface area (Å²) in [7, 11) is 1.62. The van der Waals surface area contributed by atoms with Gasteiger partial charge in [0.05, 0.1) is 11.6 Å². The number of hydrogen-bond acceptors (Lipinski definition) is 3. The number of carbonyl (C=O) groups excluding carboxylic acids is 1. The van der Waals surface area contributed by atoms with Crippen molar-refractivity contribution < 1.29 is 9.53 Å². The Morgan fingerprint density at radius 2 is 2.14 bits per heavy atom. The van der Waals surface area contributed by atoms with E-state index in [0.29, 0.717) is 11.5 Å². The van der Waals surface area contributed by atoms with E-state index in [0.717, 1.165) is 49.2 Å². The number of benzene rings is 1. The molecule has 0 saturated carbocycles. The minimum absolute atomic E-state index is 0.0967. The molecule has 0 radical (unpaired) electrons. The van der Waals surface area contributed by atoms with Crippen molar-refractivity contribution in [3.8, 4) is 5.75 Å². The molecule has 0 aromatic heterocycles. The van der Waals surface area contributed by atoms with Crippen molar-refractivity contribution in [1.29, 1.82) is 0 Å². The molecule has 1 heterocycles. The zero-order valence-corrected chi connectivity index (χ0v) is 14.3. The summed E-state index contributed by atoms with van der Waals surface area (Å²) in [5.74, 6) is 1.45. The summed E-state index contributed by atoms with van der Waals surface area (Å²) in [6.07, 6.45) is 2.30. The van der Waals surface area contributed by atoms with E-state index in [1.165, 1.54) is 0 Å². The number of piperidine rings is 1. The van der Waals surface area contributed by atoms with Gasteiger partial charge in [-0.15, -0.1) is 0 Å². The van der Waals surface area contributed by atoms with Crippen molar-refractivity contribution in [2.24, 2.45) is 5.92 Å². The Morgan fingerprint density at radius 3 is 2.71 bits per heavy atom. The van der Waals surface area contributed by atoms with Crippen LogP contribution in [0.2, 0.25) is 0 Å². The lowest BCUT2D eigenvalue weighted by atomic mass is 9.97. The Labute approximate surface area is 135 Å². The number of ether oxygens (including phenoxy) is 1. The van der Waals surface area contributed by atoms with Gasteiger partial charge in [0.15, 0.2) is 0 Å². The van der Waals surface area contributed by atoms with Crippen LogP contribution < -0.4 is 10.1 Å². The van der Waals surface area contributed by atoms with Gasteiger partial charge in [-0.3, -0.25) is 4.79 Å². The van der Waals surface area contributed by atoms with Crippen LogP contribution in [0.4, 0.5) is 0 Å². The molecule has 1 N–H and O–H groups in total. The van der Waals surface area contributed by atoms with E-state index in [1.807, 2.05) is 30.0 Å². The highest BCUT2D eigenvalue weighted by atomic mass is 79.9. The molecule has 0 bridgehead atoms. The number of halogens is 1. The molecule has 1 saturated heterocycles. The summed E-state index contributed by atoms with van der Waals surface area (Å²) in [6.45, 7) is 5.75. The average molecular weight is 355 g/mol. The summed E-state index contributed by atoms with van der Waals surface area (Å²) in [6, 6.07) is 5.50. The lowest BCUT2D eigenvalue weighted by molar-refractivity contribution is 0.0726. The Bertz CT molecular complexity index is 487. The smallest absolute Gasteiger partial charge is 0.253 e. The van der Waals surface area contributed by atoms with E-state index in [1.54, 1.807) is 7.11 Å². The van der Waals surface area contributed by atoms with Gasteiger partial charge in [0, 0.05) is 18.7 Å². The maximum atomic E-state index is 12.7. The van der Waals surface area contributed by atoms with Gasteiger partial charge in [0.25, 0.3) is 5.91 Å². The second-order valence-corrected chi connectivity index (χ2v) is 6.24. The number of carbonyl (C=O) groups is 1. The molecular weight excluding hydrogens is 332 g/mol. The summed E-state index contributed by atoms with van der Waals surface area (Å²) >= 11 is 3.44. The van der Waals surface area contributed by atoms with E-state index >= 15 is 0 Å². The summed E-state index contributed by atoms with van der Waals surface area (Å²) in [5, 5.41) is 3.36. The van der Waals surface area contributed by atoms with Crippen LogP contribution in [-0.2, 0) is 0 Å². The van der Waals surface area contributed by atoms with Gasteiger partial charge < -0.3 is 15.0 Å². The number of rotatable bonds is 5. The molecule has 0 unspecified atom stereocenters. The number of methoxy groups -OCH3 is 1. The molecule has 0 atom stereocenters. The fourth-order valence-corrected chi connectivity index (χ4v) is 3.25. The quantitative estimate of drug-likeness (QED) is 0.883. The predicted octanol–water partition coefficient (Wildman–Crippen LogP) is 2.92. The maximum Gasteiger partial charge on any atom is 0.253 e. The fraction of sp³-hybridized carbons (Fsp3) is 0.562. The Hall–Kier alpha value is -1.07. The topological polar surface area (TPSA) is 41.6 Å². The Kier molecular flexibility index (Phi) is 6.06. The van der Waals surface area contributed by atoms with Crippen LogP contribution >= 0.6 is 15.9 Å². The first kappa shape index (κ1) is 16.3. The highest BCUT2D eigenvalue weighted by Crippen LogP contribution is 2.26. The van der Waals surface area contributed by atoms with Gasteiger partial charge in [-0.1, -0.05) is 0 Å². The second-order valence-electron chi connectivity index (χ2n) is 5.39. The van der Waals surface area contributed by atoms with Crippen molar-refractivity contribution in [3.05, 3.63) is 28.2 Å². The number of nitrogens with zero attached hydrogens (tertiary/aromatic N) is 1. The Morgan fingerprint density at radius 1 is 1.43 bits per heavy atom. The molecule has 4 nitrogen and oxygen atoms in total. The first-order valence-corrected chi connectivity index (χ1v) is 8.28. The molecule has 0 spiro atoms. The van der Waals surface area contributed by atoms with Gasteiger partial charge in [0.1, 0.15) is 5.75 Å². The third-order valence-electron chi connectivity index (χ3n) is 4.00. The van der Waals surface area contributed by atoms with Crippen molar-refractivity contribution in [3.63, 3.8) is 0 Å². The largest absolute Gasteiger partial charge is 0.496 e. The van der Waals surface area contributed by atoms with Crippen LogP contribution in [0, 0.1) is 5.92 Å². The normalized spacial score (nSPS) is 15.8. The van der Waals surface area contributed by atoms with Gasteiger partial charge in [0.2, 0.25) is 0 Å². The van der Waals surface area contributed by atoms with Crippen LogP contribution in [0.5, 0.6) is 5.75 Å². The molecule has 1 amide bonds. The predicted molar refractivity (Wildman–Crippen MR) is 87.9 cm³/mol.